The van der Waals surface area contributed by atoms with Crippen molar-refractivity contribution in [2.24, 2.45) is 0 Å². The summed E-state index contributed by atoms with van der Waals surface area (Å²) in [6, 6.07) is 22.2. The highest BCUT2D eigenvalue weighted by Crippen LogP contribution is 2.36. The summed E-state index contributed by atoms with van der Waals surface area (Å²) in [5.41, 5.74) is 5.83. The summed E-state index contributed by atoms with van der Waals surface area (Å²) < 4.78 is 26.0. The van der Waals surface area contributed by atoms with Crippen LogP contribution in [-0.4, -0.2) is 24.0 Å². The first-order chi connectivity index (χ1) is 14.6. The quantitative estimate of drug-likeness (QED) is 0.401. The van der Waals surface area contributed by atoms with Crippen LogP contribution in [-0.2, 0) is 6.42 Å². The van der Waals surface area contributed by atoms with Gasteiger partial charge in [-0.2, -0.15) is 5.10 Å². The molecule has 1 aromatic heterocycles. The Morgan fingerprint density at radius 3 is 1.80 bits per heavy atom. The number of rotatable bonds is 6. The van der Waals surface area contributed by atoms with Crippen molar-refractivity contribution in [2.75, 3.05) is 14.2 Å². The molecular weight excluding hydrogens is 379 g/mol. The first-order valence-electron chi connectivity index (χ1n) is 9.81. The predicted octanol–water partition coefficient (Wildman–Crippen LogP) is 5.93. The van der Waals surface area contributed by atoms with Crippen LogP contribution in [0.25, 0.3) is 28.2 Å². The third-order valence-corrected chi connectivity index (χ3v) is 5.14. The van der Waals surface area contributed by atoms with Gasteiger partial charge in [-0.05, 0) is 79.2 Å². The molecule has 0 bridgehead atoms. The minimum Gasteiger partial charge on any atom is -0.497 e. The normalized spacial score (nSPS) is 10.8. The maximum Gasteiger partial charge on any atom is 0.123 e. The fourth-order valence-electron chi connectivity index (χ4n) is 3.58. The van der Waals surface area contributed by atoms with Crippen molar-refractivity contribution in [1.82, 2.24) is 9.78 Å². The molecular formula is C25H23FN2O2. The molecule has 0 fully saturated rings. The molecule has 3 aromatic carbocycles. The lowest BCUT2D eigenvalue weighted by Gasteiger charge is -2.10. The van der Waals surface area contributed by atoms with Crippen LogP contribution in [0.4, 0.5) is 4.39 Å². The second-order valence-corrected chi connectivity index (χ2v) is 6.87. The first kappa shape index (κ1) is 19.7. The van der Waals surface area contributed by atoms with Crippen molar-refractivity contribution >= 4 is 0 Å². The first-order valence-corrected chi connectivity index (χ1v) is 9.81. The van der Waals surface area contributed by atoms with Crippen LogP contribution >= 0.6 is 0 Å². The fraction of sp³-hybridized carbons (Fsp3) is 0.160. The van der Waals surface area contributed by atoms with Crippen LogP contribution in [0.2, 0.25) is 0 Å². The number of methoxy groups -OCH3 is 2. The molecule has 0 saturated carbocycles. The van der Waals surface area contributed by atoms with E-state index in [1.54, 1.807) is 26.4 Å². The number of hydrogen-bond acceptors (Lipinski definition) is 3. The minimum atomic E-state index is -0.275. The molecule has 0 radical (unpaired) electrons. The van der Waals surface area contributed by atoms with E-state index in [0.717, 1.165) is 51.7 Å². The number of halogens is 1. The van der Waals surface area contributed by atoms with Gasteiger partial charge in [-0.1, -0.05) is 6.92 Å². The summed E-state index contributed by atoms with van der Waals surface area (Å²) >= 11 is 0. The Morgan fingerprint density at radius 1 is 0.767 bits per heavy atom. The molecule has 0 saturated heterocycles. The van der Waals surface area contributed by atoms with Crippen LogP contribution in [0, 0.1) is 5.82 Å². The summed E-state index contributed by atoms with van der Waals surface area (Å²) in [7, 11) is 3.30. The Balaban J connectivity index is 1.94. The molecule has 152 valence electrons. The molecule has 0 aliphatic carbocycles. The van der Waals surface area contributed by atoms with Gasteiger partial charge in [0.2, 0.25) is 0 Å². The smallest absolute Gasteiger partial charge is 0.123 e. The maximum absolute atomic E-state index is 13.5. The van der Waals surface area contributed by atoms with Gasteiger partial charge in [-0.3, -0.25) is 0 Å². The van der Waals surface area contributed by atoms with Crippen LogP contribution in [0.1, 0.15) is 12.5 Å². The SMILES string of the molecule is CCc1c(-c2ccc(OC)cc2)nn(-c2ccc(F)cc2)c1-c1ccc(OC)cc1. The Bertz CT molecular complexity index is 1130. The molecule has 30 heavy (non-hydrogen) atoms. The van der Waals surface area contributed by atoms with Crippen molar-refractivity contribution in [3.63, 3.8) is 0 Å². The molecule has 0 N–H and O–H groups in total. The fourth-order valence-corrected chi connectivity index (χ4v) is 3.58. The van der Waals surface area contributed by atoms with E-state index in [2.05, 4.69) is 6.92 Å². The van der Waals surface area contributed by atoms with Crippen LogP contribution in [0.15, 0.2) is 72.8 Å². The lowest BCUT2D eigenvalue weighted by atomic mass is 9.99. The molecule has 0 aliphatic rings. The van der Waals surface area contributed by atoms with E-state index < -0.39 is 0 Å². The van der Waals surface area contributed by atoms with Gasteiger partial charge < -0.3 is 9.47 Å². The predicted molar refractivity (Wildman–Crippen MR) is 117 cm³/mol. The van der Waals surface area contributed by atoms with Crippen molar-refractivity contribution in [3.05, 3.63) is 84.2 Å². The van der Waals surface area contributed by atoms with E-state index in [4.69, 9.17) is 14.6 Å². The standard InChI is InChI=1S/C25H23FN2O2/c1-4-23-24(17-5-13-21(29-2)14-6-17)27-28(20-11-9-19(26)10-12-20)25(23)18-7-15-22(30-3)16-8-18/h5-16H,4H2,1-3H3. The highest BCUT2D eigenvalue weighted by molar-refractivity contribution is 5.76. The van der Waals surface area contributed by atoms with Gasteiger partial charge in [0.1, 0.15) is 17.3 Å². The van der Waals surface area contributed by atoms with E-state index in [-0.39, 0.29) is 5.82 Å². The van der Waals surface area contributed by atoms with Crippen LogP contribution in [0.3, 0.4) is 0 Å². The summed E-state index contributed by atoms with van der Waals surface area (Å²) in [4.78, 5) is 0. The molecule has 4 nitrogen and oxygen atoms in total. The topological polar surface area (TPSA) is 36.3 Å². The van der Waals surface area contributed by atoms with Crippen molar-refractivity contribution in [3.8, 4) is 39.7 Å². The molecule has 0 spiro atoms. The number of aromatic nitrogens is 2. The highest BCUT2D eigenvalue weighted by atomic mass is 19.1. The number of ether oxygens (including phenoxy) is 2. The maximum atomic E-state index is 13.5. The average molecular weight is 402 g/mol. The van der Waals surface area contributed by atoms with E-state index in [1.165, 1.54) is 12.1 Å². The largest absolute Gasteiger partial charge is 0.497 e. The Morgan fingerprint density at radius 2 is 1.30 bits per heavy atom. The second kappa shape index (κ2) is 8.41. The molecule has 0 atom stereocenters. The van der Waals surface area contributed by atoms with Gasteiger partial charge >= 0.3 is 0 Å². The summed E-state index contributed by atoms with van der Waals surface area (Å²) in [5.74, 6) is 1.31. The van der Waals surface area contributed by atoms with Gasteiger partial charge in [0, 0.05) is 16.7 Å². The van der Waals surface area contributed by atoms with Crippen molar-refractivity contribution in [2.45, 2.75) is 13.3 Å². The summed E-state index contributed by atoms with van der Waals surface area (Å²) in [5, 5.41) is 4.95. The zero-order valence-electron chi connectivity index (χ0n) is 17.2. The van der Waals surface area contributed by atoms with E-state index in [9.17, 15) is 4.39 Å². The Kier molecular flexibility index (Phi) is 5.53. The second-order valence-electron chi connectivity index (χ2n) is 6.87. The Hall–Kier alpha value is -3.60. The molecule has 4 rings (SSSR count). The van der Waals surface area contributed by atoms with E-state index >= 15 is 0 Å². The minimum absolute atomic E-state index is 0.275. The summed E-state index contributed by atoms with van der Waals surface area (Å²) in [6.07, 6.45) is 0.796. The highest BCUT2D eigenvalue weighted by Gasteiger charge is 2.20. The Labute approximate surface area is 175 Å². The third kappa shape index (κ3) is 3.66. The van der Waals surface area contributed by atoms with Gasteiger partial charge in [0.05, 0.1) is 31.3 Å². The molecule has 0 aliphatic heterocycles. The van der Waals surface area contributed by atoms with Gasteiger partial charge in [-0.15, -0.1) is 0 Å². The number of nitrogens with zero attached hydrogens (tertiary/aromatic N) is 2. The average Bonchev–Trinajstić information content (AvgIpc) is 3.19. The molecule has 5 heteroatoms. The van der Waals surface area contributed by atoms with Gasteiger partial charge in [0.25, 0.3) is 0 Å². The van der Waals surface area contributed by atoms with E-state index in [1.807, 2.05) is 53.2 Å². The van der Waals surface area contributed by atoms with Crippen molar-refractivity contribution < 1.29 is 13.9 Å². The third-order valence-electron chi connectivity index (χ3n) is 5.14. The summed E-state index contributed by atoms with van der Waals surface area (Å²) in [6.45, 7) is 2.12. The lowest BCUT2D eigenvalue weighted by Crippen LogP contribution is -2.00. The molecule has 1 heterocycles. The van der Waals surface area contributed by atoms with E-state index in [0.29, 0.717) is 0 Å². The molecule has 0 amide bonds. The lowest BCUT2D eigenvalue weighted by molar-refractivity contribution is 0.414. The van der Waals surface area contributed by atoms with Crippen molar-refractivity contribution in [1.29, 1.82) is 0 Å². The molecule has 0 unspecified atom stereocenters. The zero-order valence-corrected chi connectivity index (χ0v) is 17.2. The molecule has 4 aromatic rings. The number of benzene rings is 3. The zero-order chi connectivity index (χ0) is 21.1. The number of hydrogen-bond donors (Lipinski definition) is 0. The van der Waals surface area contributed by atoms with Crippen LogP contribution < -0.4 is 9.47 Å². The van der Waals surface area contributed by atoms with Crippen LogP contribution in [0.5, 0.6) is 11.5 Å². The monoisotopic (exact) mass is 402 g/mol. The van der Waals surface area contributed by atoms with Gasteiger partial charge in [0.15, 0.2) is 0 Å². The van der Waals surface area contributed by atoms with Gasteiger partial charge in [-0.25, -0.2) is 9.07 Å².